The van der Waals surface area contributed by atoms with Gasteiger partial charge in [-0.15, -0.1) is 0 Å². The third kappa shape index (κ3) is 1.64. The van der Waals surface area contributed by atoms with Gasteiger partial charge in [-0.1, -0.05) is 0 Å². The zero-order chi connectivity index (χ0) is 10.0. The summed E-state index contributed by atoms with van der Waals surface area (Å²) in [5.74, 6) is -0.758. The molecule has 0 unspecified atom stereocenters. The minimum atomic E-state index is -0.543. The first-order chi connectivity index (χ1) is 6.06. The zero-order valence-corrected chi connectivity index (χ0v) is 7.07. The van der Waals surface area contributed by atoms with E-state index in [1.165, 1.54) is 19.2 Å². The highest BCUT2D eigenvalue weighted by Gasteiger charge is 2.10. The molecule has 1 rings (SSSR count). The molecule has 70 valence electrons. The molecule has 0 saturated heterocycles. The summed E-state index contributed by atoms with van der Waals surface area (Å²) in [6.07, 6.45) is 0. The van der Waals surface area contributed by atoms with Crippen LogP contribution >= 0.6 is 0 Å². The van der Waals surface area contributed by atoms with Crippen molar-refractivity contribution in [2.24, 2.45) is 0 Å². The monoisotopic (exact) mass is 182 g/mol. The fraction of sp³-hybridized carbons (Fsp3) is 0.125. The van der Waals surface area contributed by atoms with E-state index in [1.807, 2.05) is 0 Å². The number of methoxy groups -OCH3 is 1. The SMILES string of the molecule is COC(=O)c1cc(N)c(O)c(N)c1. The Kier molecular flexibility index (Phi) is 2.27. The first-order valence-corrected chi connectivity index (χ1v) is 3.52. The van der Waals surface area contributed by atoms with Crippen molar-refractivity contribution in [1.82, 2.24) is 0 Å². The van der Waals surface area contributed by atoms with Crippen molar-refractivity contribution in [1.29, 1.82) is 0 Å². The lowest BCUT2D eigenvalue weighted by Crippen LogP contribution is -2.03. The molecule has 0 bridgehead atoms. The number of nitrogen functional groups attached to an aromatic ring is 2. The van der Waals surface area contributed by atoms with Gasteiger partial charge in [-0.25, -0.2) is 4.79 Å². The van der Waals surface area contributed by atoms with Gasteiger partial charge in [0.15, 0.2) is 5.75 Å². The number of ether oxygens (including phenoxy) is 1. The smallest absolute Gasteiger partial charge is 0.338 e. The third-order valence-electron chi connectivity index (χ3n) is 1.59. The van der Waals surface area contributed by atoms with E-state index in [4.69, 9.17) is 11.5 Å². The molecule has 0 fully saturated rings. The van der Waals surface area contributed by atoms with E-state index in [2.05, 4.69) is 4.74 Å². The highest BCUT2D eigenvalue weighted by molar-refractivity contribution is 5.93. The molecule has 5 N–H and O–H groups in total. The van der Waals surface area contributed by atoms with Crippen LogP contribution in [0, 0.1) is 0 Å². The molecule has 0 aromatic heterocycles. The molecule has 0 heterocycles. The summed E-state index contributed by atoms with van der Waals surface area (Å²) in [7, 11) is 1.25. The minimum Gasteiger partial charge on any atom is -0.504 e. The number of rotatable bonds is 1. The number of phenols is 1. The summed E-state index contributed by atoms with van der Waals surface area (Å²) in [4.78, 5) is 11.0. The van der Waals surface area contributed by atoms with E-state index < -0.39 is 5.97 Å². The van der Waals surface area contributed by atoms with Crippen molar-refractivity contribution in [3.05, 3.63) is 17.7 Å². The lowest BCUT2D eigenvalue weighted by atomic mass is 10.1. The van der Waals surface area contributed by atoms with Crippen LogP contribution in [0.5, 0.6) is 5.75 Å². The van der Waals surface area contributed by atoms with Crippen molar-refractivity contribution in [2.75, 3.05) is 18.6 Å². The Hall–Kier alpha value is -1.91. The van der Waals surface area contributed by atoms with Crippen molar-refractivity contribution in [2.45, 2.75) is 0 Å². The number of carbonyl (C=O) groups excluding carboxylic acids is 1. The summed E-state index contributed by atoms with van der Waals surface area (Å²) in [6.45, 7) is 0. The molecule has 0 radical (unpaired) electrons. The molecule has 5 heteroatoms. The number of carbonyl (C=O) groups is 1. The maximum absolute atomic E-state index is 11.0. The summed E-state index contributed by atoms with van der Waals surface area (Å²) >= 11 is 0. The second-order valence-electron chi connectivity index (χ2n) is 2.49. The lowest BCUT2D eigenvalue weighted by Gasteiger charge is -2.05. The van der Waals surface area contributed by atoms with Crippen LogP contribution in [0.25, 0.3) is 0 Å². The number of aromatic hydroxyl groups is 1. The van der Waals surface area contributed by atoms with Gasteiger partial charge in [-0.05, 0) is 12.1 Å². The fourth-order valence-electron chi connectivity index (χ4n) is 0.916. The summed E-state index contributed by atoms with van der Waals surface area (Å²) in [5.41, 5.74) is 11.1. The van der Waals surface area contributed by atoms with E-state index in [-0.39, 0.29) is 22.7 Å². The molecule has 0 spiro atoms. The van der Waals surface area contributed by atoms with E-state index >= 15 is 0 Å². The Balaban J connectivity index is 3.20. The van der Waals surface area contributed by atoms with Crippen LogP contribution in [-0.4, -0.2) is 18.2 Å². The van der Waals surface area contributed by atoms with Crippen LogP contribution in [0.1, 0.15) is 10.4 Å². The van der Waals surface area contributed by atoms with Crippen LogP contribution in [0.2, 0.25) is 0 Å². The number of phenolic OH excluding ortho intramolecular Hbond substituents is 1. The first kappa shape index (κ1) is 9.18. The molecule has 1 aromatic rings. The second-order valence-corrected chi connectivity index (χ2v) is 2.49. The maximum Gasteiger partial charge on any atom is 0.338 e. The van der Waals surface area contributed by atoms with E-state index in [9.17, 15) is 9.90 Å². The molecule has 0 aliphatic carbocycles. The summed E-state index contributed by atoms with van der Waals surface area (Å²) < 4.78 is 4.45. The topological polar surface area (TPSA) is 98.6 Å². The third-order valence-corrected chi connectivity index (χ3v) is 1.59. The molecule has 1 aromatic carbocycles. The van der Waals surface area contributed by atoms with Gasteiger partial charge in [-0.3, -0.25) is 0 Å². The highest BCUT2D eigenvalue weighted by atomic mass is 16.5. The second kappa shape index (κ2) is 3.22. The fourth-order valence-corrected chi connectivity index (χ4v) is 0.916. The Morgan fingerprint density at radius 1 is 1.38 bits per heavy atom. The quantitative estimate of drug-likeness (QED) is 0.330. The van der Waals surface area contributed by atoms with E-state index in [0.717, 1.165) is 0 Å². The van der Waals surface area contributed by atoms with Crippen molar-refractivity contribution >= 4 is 17.3 Å². The molecule has 13 heavy (non-hydrogen) atoms. The predicted octanol–water partition coefficient (Wildman–Crippen LogP) is 0.343. The maximum atomic E-state index is 11.0. The molecule has 5 nitrogen and oxygen atoms in total. The Morgan fingerprint density at radius 2 is 1.85 bits per heavy atom. The Bertz CT molecular complexity index is 326. The Morgan fingerprint density at radius 3 is 2.23 bits per heavy atom. The predicted molar refractivity (Wildman–Crippen MR) is 48.3 cm³/mol. The summed E-state index contributed by atoms with van der Waals surface area (Å²) in [5, 5.41) is 9.18. The molecule has 0 aliphatic rings. The van der Waals surface area contributed by atoms with Gasteiger partial charge in [0, 0.05) is 0 Å². The first-order valence-electron chi connectivity index (χ1n) is 3.52. The van der Waals surface area contributed by atoms with Crippen LogP contribution < -0.4 is 11.5 Å². The minimum absolute atomic E-state index is 0.0559. The molecule has 0 saturated carbocycles. The van der Waals surface area contributed by atoms with Gasteiger partial charge in [0.25, 0.3) is 0 Å². The number of anilines is 2. The number of hydrogen-bond acceptors (Lipinski definition) is 5. The Labute approximate surface area is 74.9 Å². The van der Waals surface area contributed by atoms with Crippen LogP contribution in [-0.2, 0) is 4.74 Å². The van der Waals surface area contributed by atoms with Crippen molar-refractivity contribution in [3.63, 3.8) is 0 Å². The average molecular weight is 182 g/mol. The van der Waals surface area contributed by atoms with Crippen molar-refractivity contribution in [3.8, 4) is 5.75 Å². The van der Waals surface area contributed by atoms with Crippen molar-refractivity contribution < 1.29 is 14.6 Å². The average Bonchev–Trinajstić information content (AvgIpc) is 2.12. The number of benzene rings is 1. The largest absolute Gasteiger partial charge is 0.504 e. The molecule has 0 amide bonds. The van der Waals surface area contributed by atoms with E-state index in [1.54, 1.807) is 0 Å². The van der Waals surface area contributed by atoms with Gasteiger partial charge in [-0.2, -0.15) is 0 Å². The van der Waals surface area contributed by atoms with E-state index in [0.29, 0.717) is 0 Å². The zero-order valence-electron chi connectivity index (χ0n) is 7.07. The summed E-state index contributed by atoms with van der Waals surface area (Å²) in [6, 6.07) is 2.61. The van der Waals surface area contributed by atoms with Gasteiger partial charge < -0.3 is 21.3 Å². The lowest BCUT2D eigenvalue weighted by molar-refractivity contribution is 0.0601. The van der Waals surface area contributed by atoms with Crippen LogP contribution in [0.4, 0.5) is 11.4 Å². The molecular formula is C8H10N2O3. The van der Waals surface area contributed by atoms with Crippen LogP contribution in [0.3, 0.4) is 0 Å². The van der Waals surface area contributed by atoms with Gasteiger partial charge in [0.1, 0.15) is 0 Å². The van der Waals surface area contributed by atoms with Gasteiger partial charge in [0.05, 0.1) is 24.0 Å². The molecular weight excluding hydrogens is 172 g/mol. The molecule has 0 atom stereocenters. The number of nitrogens with two attached hydrogens (primary N) is 2. The highest BCUT2D eigenvalue weighted by Crippen LogP contribution is 2.28. The standard InChI is InChI=1S/C8H10N2O3/c1-13-8(12)4-2-5(9)7(11)6(10)3-4/h2-3,11H,9-10H2,1H3. The van der Waals surface area contributed by atoms with Gasteiger partial charge >= 0.3 is 5.97 Å². The number of hydrogen-bond donors (Lipinski definition) is 3. The van der Waals surface area contributed by atoms with Gasteiger partial charge in [0.2, 0.25) is 0 Å². The number of esters is 1. The normalized spacial score (nSPS) is 9.62. The molecule has 0 aliphatic heterocycles. The van der Waals surface area contributed by atoms with Crippen LogP contribution in [0.15, 0.2) is 12.1 Å².